The molecule has 0 aliphatic heterocycles. The second-order valence-electron chi connectivity index (χ2n) is 5.86. The zero-order valence-corrected chi connectivity index (χ0v) is 15.0. The van der Waals surface area contributed by atoms with E-state index in [1.165, 1.54) is 0 Å². The lowest BCUT2D eigenvalue weighted by molar-refractivity contribution is -0.120. The maximum atomic E-state index is 12.4. The van der Waals surface area contributed by atoms with E-state index in [4.69, 9.17) is 9.47 Å². The van der Waals surface area contributed by atoms with E-state index >= 15 is 0 Å². The molecule has 3 aromatic rings. The average molecular weight is 350 g/mol. The molecule has 0 atom stereocenters. The Morgan fingerprint density at radius 3 is 2.77 bits per heavy atom. The largest absolute Gasteiger partial charge is 0.493 e. The second-order valence-corrected chi connectivity index (χ2v) is 5.86. The molecule has 5 heteroatoms. The van der Waals surface area contributed by atoms with Gasteiger partial charge in [-0.2, -0.15) is 0 Å². The van der Waals surface area contributed by atoms with Crippen LogP contribution in [0.2, 0.25) is 0 Å². The molecular formula is C21H22N2O3. The van der Waals surface area contributed by atoms with Gasteiger partial charge >= 0.3 is 0 Å². The molecule has 0 radical (unpaired) electrons. The first-order valence-corrected chi connectivity index (χ1v) is 8.60. The van der Waals surface area contributed by atoms with Crippen molar-refractivity contribution in [3.05, 3.63) is 65.9 Å². The summed E-state index contributed by atoms with van der Waals surface area (Å²) in [6, 6.07) is 15.4. The molecule has 0 saturated carbocycles. The lowest BCUT2D eigenvalue weighted by Gasteiger charge is -2.12. The summed E-state index contributed by atoms with van der Waals surface area (Å²) in [6.07, 6.45) is 2.04. The molecule has 0 aliphatic rings. The zero-order valence-electron chi connectivity index (χ0n) is 15.0. The van der Waals surface area contributed by atoms with Gasteiger partial charge in [-0.1, -0.05) is 30.3 Å². The number of hydrogen-bond acceptors (Lipinski definition) is 4. The van der Waals surface area contributed by atoms with Crippen LogP contribution in [-0.2, 0) is 17.8 Å². The molecule has 0 saturated heterocycles. The molecule has 0 spiro atoms. The van der Waals surface area contributed by atoms with Crippen LogP contribution in [-0.4, -0.2) is 24.6 Å². The van der Waals surface area contributed by atoms with Crippen LogP contribution in [0.1, 0.15) is 18.1 Å². The molecule has 0 aliphatic carbocycles. The van der Waals surface area contributed by atoms with Crippen LogP contribution in [0.25, 0.3) is 10.9 Å². The Morgan fingerprint density at radius 2 is 1.96 bits per heavy atom. The maximum absolute atomic E-state index is 12.4. The van der Waals surface area contributed by atoms with Gasteiger partial charge in [0.25, 0.3) is 0 Å². The van der Waals surface area contributed by atoms with Crippen LogP contribution >= 0.6 is 0 Å². The van der Waals surface area contributed by atoms with Crippen LogP contribution in [0.4, 0.5) is 0 Å². The topological polar surface area (TPSA) is 60.5 Å². The lowest BCUT2D eigenvalue weighted by Crippen LogP contribution is -2.24. The van der Waals surface area contributed by atoms with Crippen LogP contribution < -0.4 is 14.8 Å². The summed E-state index contributed by atoms with van der Waals surface area (Å²) < 4.78 is 10.9. The Hall–Kier alpha value is -3.08. The molecule has 0 fully saturated rings. The van der Waals surface area contributed by atoms with Gasteiger partial charge in [0, 0.05) is 18.1 Å². The highest BCUT2D eigenvalue weighted by atomic mass is 16.5. The number of para-hydroxylation sites is 1. The van der Waals surface area contributed by atoms with Crippen molar-refractivity contribution in [1.82, 2.24) is 10.3 Å². The second kappa shape index (κ2) is 8.34. The van der Waals surface area contributed by atoms with Gasteiger partial charge in [0.15, 0.2) is 11.5 Å². The summed E-state index contributed by atoms with van der Waals surface area (Å²) in [5.74, 6) is 1.32. The molecule has 5 nitrogen and oxygen atoms in total. The molecule has 26 heavy (non-hydrogen) atoms. The summed E-state index contributed by atoms with van der Waals surface area (Å²) in [5, 5.41) is 3.99. The fraction of sp³-hybridized carbons (Fsp3) is 0.238. The van der Waals surface area contributed by atoms with Gasteiger partial charge in [-0.25, -0.2) is 0 Å². The fourth-order valence-corrected chi connectivity index (χ4v) is 2.84. The van der Waals surface area contributed by atoms with Crippen LogP contribution in [0.15, 0.2) is 54.7 Å². The standard InChI is InChI=1S/C21H22N2O3/c1-3-26-18-10-9-15(12-19(18)25-2)14-23-20(24)13-17-7-4-6-16-8-5-11-22-21(16)17/h4-12H,3,13-14H2,1-2H3,(H,23,24). The van der Waals surface area contributed by atoms with E-state index < -0.39 is 0 Å². The predicted octanol–water partition coefficient (Wildman–Crippen LogP) is 3.50. The van der Waals surface area contributed by atoms with Gasteiger partial charge in [-0.3, -0.25) is 9.78 Å². The number of ether oxygens (including phenoxy) is 2. The lowest BCUT2D eigenvalue weighted by atomic mass is 10.1. The molecule has 0 bridgehead atoms. The average Bonchev–Trinajstić information content (AvgIpc) is 2.67. The Bertz CT molecular complexity index is 903. The highest BCUT2D eigenvalue weighted by Crippen LogP contribution is 2.28. The molecule has 134 valence electrons. The van der Waals surface area contributed by atoms with Gasteiger partial charge in [-0.15, -0.1) is 0 Å². The third-order valence-electron chi connectivity index (χ3n) is 4.08. The molecule has 1 amide bonds. The number of fused-ring (bicyclic) bond motifs is 1. The minimum Gasteiger partial charge on any atom is -0.493 e. The minimum atomic E-state index is -0.0454. The van der Waals surface area contributed by atoms with Gasteiger partial charge in [-0.05, 0) is 36.2 Å². The summed E-state index contributed by atoms with van der Waals surface area (Å²) in [4.78, 5) is 16.8. The number of amides is 1. The van der Waals surface area contributed by atoms with Crippen molar-refractivity contribution in [3.63, 3.8) is 0 Å². The number of methoxy groups -OCH3 is 1. The number of carbonyl (C=O) groups excluding carboxylic acids is 1. The van der Waals surface area contributed by atoms with Gasteiger partial charge in [0.2, 0.25) is 5.91 Å². The summed E-state index contributed by atoms with van der Waals surface area (Å²) >= 11 is 0. The third kappa shape index (κ3) is 4.11. The molecular weight excluding hydrogens is 328 g/mol. The third-order valence-corrected chi connectivity index (χ3v) is 4.08. The fourth-order valence-electron chi connectivity index (χ4n) is 2.84. The first-order valence-electron chi connectivity index (χ1n) is 8.60. The van der Waals surface area contributed by atoms with E-state index in [9.17, 15) is 4.79 Å². The highest BCUT2D eigenvalue weighted by Gasteiger charge is 2.09. The number of carbonyl (C=O) groups is 1. The summed E-state index contributed by atoms with van der Waals surface area (Å²) in [6.45, 7) is 2.93. The van der Waals surface area contributed by atoms with Crippen LogP contribution in [0.3, 0.4) is 0 Å². The van der Waals surface area contributed by atoms with E-state index in [0.29, 0.717) is 31.1 Å². The van der Waals surface area contributed by atoms with E-state index in [0.717, 1.165) is 22.0 Å². The quantitative estimate of drug-likeness (QED) is 0.708. The van der Waals surface area contributed by atoms with Crippen molar-refractivity contribution in [3.8, 4) is 11.5 Å². The molecule has 0 unspecified atom stereocenters. The number of hydrogen-bond donors (Lipinski definition) is 1. The van der Waals surface area contributed by atoms with E-state index in [1.807, 2.05) is 55.5 Å². The van der Waals surface area contributed by atoms with E-state index in [-0.39, 0.29) is 5.91 Å². The normalized spacial score (nSPS) is 10.5. The zero-order chi connectivity index (χ0) is 18.4. The van der Waals surface area contributed by atoms with Gasteiger partial charge < -0.3 is 14.8 Å². The van der Waals surface area contributed by atoms with Gasteiger partial charge in [0.1, 0.15) is 0 Å². The van der Waals surface area contributed by atoms with E-state index in [1.54, 1.807) is 13.3 Å². The Labute approximate surface area is 153 Å². The number of nitrogens with one attached hydrogen (secondary N) is 1. The van der Waals surface area contributed by atoms with Crippen LogP contribution in [0, 0.1) is 0 Å². The van der Waals surface area contributed by atoms with Gasteiger partial charge in [0.05, 0.1) is 25.7 Å². The van der Waals surface area contributed by atoms with Crippen LogP contribution in [0.5, 0.6) is 11.5 Å². The smallest absolute Gasteiger partial charge is 0.224 e. The van der Waals surface area contributed by atoms with Crippen molar-refractivity contribution < 1.29 is 14.3 Å². The molecule has 1 aromatic heterocycles. The maximum Gasteiger partial charge on any atom is 0.224 e. The number of nitrogens with zero attached hydrogens (tertiary/aromatic N) is 1. The molecule has 2 aromatic carbocycles. The summed E-state index contributed by atoms with van der Waals surface area (Å²) in [5.41, 5.74) is 2.74. The number of benzene rings is 2. The minimum absolute atomic E-state index is 0.0454. The predicted molar refractivity (Wildman–Crippen MR) is 101 cm³/mol. The first kappa shape index (κ1) is 17.7. The summed E-state index contributed by atoms with van der Waals surface area (Å²) in [7, 11) is 1.60. The molecule has 1 N–H and O–H groups in total. The number of aromatic nitrogens is 1. The number of rotatable bonds is 7. The van der Waals surface area contributed by atoms with E-state index in [2.05, 4.69) is 10.3 Å². The van der Waals surface area contributed by atoms with Crippen molar-refractivity contribution >= 4 is 16.8 Å². The Kier molecular flexibility index (Phi) is 5.69. The van der Waals surface area contributed by atoms with Crippen molar-refractivity contribution in [2.24, 2.45) is 0 Å². The Balaban J connectivity index is 1.65. The van der Waals surface area contributed by atoms with Crippen molar-refractivity contribution in [1.29, 1.82) is 0 Å². The SMILES string of the molecule is CCOc1ccc(CNC(=O)Cc2cccc3cccnc23)cc1OC. The molecule has 1 heterocycles. The van der Waals surface area contributed by atoms with Crippen molar-refractivity contribution in [2.75, 3.05) is 13.7 Å². The van der Waals surface area contributed by atoms with Crippen molar-refractivity contribution in [2.45, 2.75) is 19.9 Å². The Morgan fingerprint density at radius 1 is 1.12 bits per heavy atom. The number of pyridine rings is 1. The highest BCUT2D eigenvalue weighted by molar-refractivity contribution is 5.87. The monoisotopic (exact) mass is 350 g/mol. The molecule has 3 rings (SSSR count). The first-order chi connectivity index (χ1) is 12.7.